The predicted octanol–water partition coefficient (Wildman–Crippen LogP) is 4.86. The minimum atomic E-state index is -0.125. The molecule has 0 aliphatic rings. The molecule has 0 aliphatic carbocycles. The number of aromatic nitrogens is 1. The van der Waals surface area contributed by atoms with Gasteiger partial charge in [-0.15, -0.1) is 0 Å². The minimum absolute atomic E-state index is 0.0263. The molecule has 0 saturated heterocycles. The van der Waals surface area contributed by atoms with Crippen molar-refractivity contribution < 1.29 is 9.59 Å². The molecule has 1 aromatic heterocycles. The summed E-state index contributed by atoms with van der Waals surface area (Å²) in [6, 6.07) is 17.9. The molecule has 0 saturated carbocycles. The maximum atomic E-state index is 12.1. The van der Waals surface area contributed by atoms with Crippen LogP contribution in [0.25, 0.3) is 0 Å². The Kier molecular flexibility index (Phi) is 5.84. The highest BCUT2D eigenvalue weighted by Crippen LogP contribution is 2.17. The third-order valence-corrected chi connectivity index (χ3v) is 4.14. The largest absolute Gasteiger partial charge is 0.340 e. The molecule has 0 radical (unpaired) electrons. The van der Waals surface area contributed by atoms with Gasteiger partial charge in [0.25, 0.3) is 0 Å². The standard InChI is InChI=1S/C21H18ClN3O2/c1-14(26)16-4-8-18(9-5-16)24-20-11-10-19(13-23-20)25-21(27)12-15-2-6-17(22)7-3-15/h2-11,13H,12H2,1H3,(H,23,24)(H,25,27). The number of anilines is 3. The number of carbonyl (C=O) groups excluding carboxylic acids is 2. The lowest BCUT2D eigenvalue weighted by molar-refractivity contribution is -0.115. The van der Waals surface area contributed by atoms with E-state index in [1.54, 1.807) is 42.6 Å². The Morgan fingerprint density at radius 1 is 0.926 bits per heavy atom. The van der Waals surface area contributed by atoms with E-state index in [2.05, 4.69) is 15.6 Å². The van der Waals surface area contributed by atoms with Crippen molar-refractivity contribution in [2.24, 2.45) is 0 Å². The highest BCUT2D eigenvalue weighted by molar-refractivity contribution is 6.30. The van der Waals surface area contributed by atoms with E-state index in [0.29, 0.717) is 22.1 Å². The summed E-state index contributed by atoms with van der Waals surface area (Å²) in [5.41, 5.74) is 2.99. The van der Waals surface area contributed by atoms with Crippen molar-refractivity contribution in [1.82, 2.24) is 4.98 Å². The second kappa shape index (κ2) is 8.47. The number of hydrogen-bond donors (Lipinski definition) is 2. The highest BCUT2D eigenvalue weighted by Gasteiger charge is 2.05. The molecule has 0 atom stereocenters. The molecule has 0 bridgehead atoms. The van der Waals surface area contributed by atoms with Crippen LogP contribution in [0.15, 0.2) is 66.9 Å². The van der Waals surface area contributed by atoms with E-state index in [1.807, 2.05) is 24.3 Å². The van der Waals surface area contributed by atoms with Crippen molar-refractivity contribution in [1.29, 1.82) is 0 Å². The number of halogens is 1. The molecule has 3 aromatic rings. The molecule has 2 N–H and O–H groups in total. The van der Waals surface area contributed by atoms with E-state index in [9.17, 15) is 9.59 Å². The van der Waals surface area contributed by atoms with Crippen LogP contribution in [0.5, 0.6) is 0 Å². The lowest BCUT2D eigenvalue weighted by Gasteiger charge is -2.08. The Morgan fingerprint density at radius 2 is 1.59 bits per heavy atom. The van der Waals surface area contributed by atoms with E-state index in [4.69, 9.17) is 11.6 Å². The summed E-state index contributed by atoms with van der Waals surface area (Å²) in [6.07, 6.45) is 1.85. The van der Waals surface area contributed by atoms with Crippen LogP contribution < -0.4 is 10.6 Å². The summed E-state index contributed by atoms with van der Waals surface area (Å²) in [6.45, 7) is 1.53. The van der Waals surface area contributed by atoms with Crippen molar-refractivity contribution in [3.63, 3.8) is 0 Å². The number of ketones is 1. The summed E-state index contributed by atoms with van der Waals surface area (Å²) >= 11 is 5.84. The Bertz CT molecular complexity index is 937. The minimum Gasteiger partial charge on any atom is -0.340 e. The zero-order valence-corrected chi connectivity index (χ0v) is 15.5. The first kappa shape index (κ1) is 18.6. The molecule has 0 fully saturated rings. The molecule has 5 nitrogen and oxygen atoms in total. The van der Waals surface area contributed by atoms with Crippen LogP contribution in [-0.4, -0.2) is 16.7 Å². The lowest BCUT2D eigenvalue weighted by Crippen LogP contribution is -2.14. The molecule has 0 spiro atoms. The molecule has 2 aromatic carbocycles. The number of nitrogens with one attached hydrogen (secondary N) is 2. The normalized spacial score (nSPS) is 10.3. The van der Waals surface area contributed by atoms with E-state index in [0.717, 1.165) is 11.3 Å². The van der Waals surface area contributed by atoms with Gasteiger partial charge in [0.2, 0.25) is 5.91 Å². The first-order chi connectivity index (χ1) is 13.0. The third-order valence-electron chi connectivity index (χ3n) is 3.89. The highest BCUT2D eigenvalue weighted by atomic mass is 35.5. The first-order valence-electron chi connectivity index (χ1n) is 8.38. The fourth-order valence-corrected chi connectivity index (χ4v) is 2.60. The van der Waals surface area contributed by atoms with Crippen LogP contribution in [-0.2, 0) is 11.2 Å². The summed E-state index contributed by atoms with van der Waals surface area (Å²) in [5, 5.41) is 6.61. The van der Waals surface area contributed by atoms with Crippen LogP contribution in [0.3, 0.4) is 0 Å². The van der Waals surface area contributed by atoms with Crippen molar-refractivity contribution in [3.8, 4) is 0 Å². The number of benzene rings is 2. The van der Waals surface area contributed by atoms with Crippen LogP contribution in [0.4, 0.5) is 17.2 Å². The predicted molar refractivity (Wildman–Crippen MR) is 108 cm³/mol. The first-order valence-corrected chi connectivity index (χ1v) is 8.76. The summed E-state index contributed by atoms with van der Waals surface area (Å²) in [7, 11) is 0. The number of rotatable bonds is 6. The van der Waals surface area contributed by atoms with Gasteiger partial charge in [-0.05, 0) is 61.0 Å². The van der Waals surface area contributed by atoms with Gasteiger partial charge >= 0.3 is 0 Å². The summed E-state index contributed by atoms with van der Waals surface area (Å²) < 4.78 is 0. The van der Waals surface area contributed by atoms with E-state index in [-0.39, 0.29) is 18.1 Å². The van der Waals surface area contributed by atoms with Gasteiger partial charge in [-0.1, -0.05) is 23.7 Å². The summed E-state index contributed by atoms with van der Waals surface area (Å²) in [4.78, 5) is 27.7. The van der Waals surface area contributed by atoms with E-state index in [1.165, 1.54) is 6.92 Å². The Labute approximate surface area is 162 Å². The molecule has 0 aliphatic heterocycles. The monoisotopic (exact) mass is 379 g/mol. The SMILES string of the molecule is CC(=O)c1ccc(Nc2ccc(NC(=O)Cc3ccc(Cl)cc3)cn2)cc1. The van der Waals surface area contributed by atoms with Crippen LogP contribution in [0, 0.1) is 0 Å². The third kappa shape index (κ3) is 5.39. The molecule has 136 valence electrons. The molecule has 1 heterocycles. The molecule has 6 heteroatoms. The number of Topliss-reactive ketones (excluding diaryl/α,β-unsaturated/α-hetero) is 1. The average molecular weight is 380 g/mol. The van der Waals surface area contributed by atoms with Crippen molar-refractivity contribution in [2.75, 3.05) is 10.6 Å². The van der Waals surface area contributed by atoms with Gasteiger partial charge in [-0.2, -0.15) is 0 Å². The number of hydrogen-bond acceptors (Lipinski definition) is 4. The quantitative estimate of drug-likeness (QED) is 0.600. The number of amides is 1. The van der Waals surface area contributed by atoms with E-state index >= 15 is 0 Å². The second-order valence-corrected chi connectivity index (χ2v) is 6.48. The topological polar surface area (TPSA) is 71.1 Å². The Hall–Kier alpha value is -3.18. The van der Waals surface area contributed by atoms with Crippen molar-refractivity contribution in [2.45, 2.75) is 13.3 Å². The van der Waals surface area contributed by atoms with Crippen molar-refractivity contribution in [3.05, 3.63) is 83.0 Å². The second-order valence-electron chi connectivity index (χ2n) is 6.04. The number of pyridine rings is 1. The van der Waals surface area contributed by atoms with Gasteiger partial charge in [0.1, 0.15) is 5.82 Å². The van der Waals surface area contributed by atoms with Crippen LogP contribution in [0.2, 0.25) is 5.02 Å². The van der Waals surface area contributed by atoms with Gasteiger partial charge < -0.3 is 10.6 Å². The smallest absolute Gasteiger partial charge is 0.228 e. The summed E-state index contributed by atoms with van der Waals surface area (Å²) in [5.74, 6) is 0.541. The number of nitrogens with zero attached hydrogens (tertiary/aromatic N) is 1. The molecule has 27 heavy (non-hydrogen) atoms. The molecular formula is C21H18ClN3O2. The zero-order valence-electron chi connectivity index (χ0n) is 14.7. The van der Waals surface area contributed by atoms with Crippen LogP contribution >= 0.6 is 11.6 Å². The van der Waals surface area contributed by atoms with Crippen LogP contribution in [0.1, 0.15) is 22.8 Å². The van der Waals surface area contributed by atoms with Crippen molar-refractivity contribution >= 4 is 40.5 Å². The fourth-order valence-electron chi connectivity index (χ4n) is 2.47. The Balaban J connectivity index is 1.57. The van der Waals surface area contributed by atoms with Gasteiger partial charge in [0.05, 0.1) is 18.3 Å². The average Bonchev–Trinajstić information content (AvgIpc) is 2.66. The van der Waals surface area contributed by atoms with Gasteiger partial charge in [-0.3, -0.25) is 9.59 Å². The van der Waals surface area contributed by atoms with Gasteiger partial charge in [0.15, 0.2) is 5.78 Å². The fraction of sp³-hybridized carbons (Fsp3) is 0.0952. The molecule has 0 unspecified atom stereocenters. The zero-order chi connectivity index (χ0) is 19.2. The maximum Gasteiger partial charge on any atom is 0.228 e. The molecule has 1 amide bonds. The van der Waals surface area contributed by atoms with Gasteiger partial charge in [0, 0.05) is 16.3 Å². The molecular weight excluding hydrogens is 362 g/mol. The Morgan fingerprint density at radius 3 is 2.19 bits per heavy atom. The van der Waals surface area contributed by atoms with Gasteiger partial charge in [-0.25, -0.2) is 4.98 Å². The molecule has 3 rings (SSSR count). The number of carbonyl (C=O) groups is 2. The maximum absolute atomic E-state index is 12.1. The lowest BCUT2D eigenvalue weighted by atomic mass is 10.1. The van der Waals surface area contributed by atoms with E-state index < -0.39 is 0 Å².